The van der Waals surface area contributed by atoms with Crippen LogP contribution in [0.4, 0.5) is 10.5 Å². The van der Waals surface area contributed by atoms with E-state index in [2.05, 4.69) is 15.3 Å². The van der Waals surface area contributed by atoms with E-state index >= 15 is 0 Å². The summed E-state index contributed by atoms with van der Waals surface area (Å²) in [4.78, 5) is 21.0. The first-order valence-electron chi connectivity index (χ1n) is 7.37. The highest BCUT2D eigenvalue weighted by molar-refractivity contribution is 7.16. The van der Waals surface area contributed by atoms with Crippen LogP contribution in [0.1, 0.15) is 20.8 Å². The van der Waals surface area contributed by atoms with Crippen molar-refractivity contribution in [3.8, 4) is 11.6 Å². The van der Waals surface area contributed by atoms with Crippen molar-refractivity contribution in [1.82, 2.24) is 9.97 Å². The number of anilines is 1. The molecule has 124 valence electrons. The lowest BCUT2D eigenvalue weighted by atomic mass is 10.2. The zero-order valence-corrected chi connectivity index (χ0v) is 14.4. The minimum atomic E-state index is -0.536. The molecule has 0 spiro atoms. The van der Waals surface area contributed by atoms with E-state index in [0.29, 0.717) is 17.3 Å². The van der Waals surface area contributed by atoms with E-state index in [1.165, 1.54) is 17.7 Å². The Balaban J connectivity index is 1.69. The molecule has 0 radical (unpaired) electrons. The first kappa shape index (κ1) is 16.2. The van der Waals surface area contributed by atoms with Gasteiger partial charge in [-0.3, -0.25) is 5.32 Å². The van der Waals surface area contributed by atoms with Crippen LogP contribution in [-0.2, 0) is 4.74 Å². The van der Waals surface area contributed by atoms with Gasteiger partial charge in [0.2, 0.25) is 5.88 Å². The lowest BCUT2D eigenvalue weighted by Gasteiger charge is -2.19. The van der Waals surface area contributed by atoms with E-state index in [4.69, 9.17) is 9.47 Å². The molecule has 24 heavy (non-hydrogen) atoms. The summed E-state index contributed by atoms with van der Waals surface area (Å²) >= 11 is 1.53. The maximum absolute atomic E-state index is 11.7. The van der Waals surface area contributed by atoms with Crippen LogP contribution in [0.15, 0.2) is 42.0 Å². The van der Waals surface area contributed by atoms with Crippen LogP contribution in [0.2, 0.25) is 0 Å². The third-order valence-electron chi connectivity index (χ3n) is 2.94. The van der Waals surface area contributed by atoms with Crippen LogP contribution in [-0.4, -0.2) is 21.7 Å². The van der Waals surface area contributed by atoms with E-state index in [1.807, 2.05) is 32.2 Å². The number of nitrogens with one attached hydrogen (secondary N) is 1. The molecule has 0 aliphatic carbocycles. The Morgan fingerprint density at radius 3 is 2.58 bits per heavy atom. The van der Waals surface area contributed by atoms with Gasteiger partial charge < -0.3 is 9.47 Å². The molecule has 7 heteroatoms. The lowest BCUT2D eigenvalue weighted by Crippen LogP contribution is -2.27. The number of amides is 1. The molecule has 0 aliphatic heterocycles. The topological polar surface area (TPSA) is 73.3 Å². The fraction of sp³-hybridized carbons (Fsp3) is 0.235. The number of fused-ring (bicyclic) bond motifs is 1. The van der Waals surface area contributed by atoms with Gasteiger partial charge in [-0.25, -0.2) is 14.8 Å². The molecule has 3 rings (SSSR count). The first-order valence-corrected chi connectivity index (χ1v) is 8.25. The molecule has 0 unspecified atom stereocenters. The number of benzene rings is 1. The van der Waals surface area contributed by atoms with Crippen molar-refractivity contribution < 1.29 is 14.3 Å². The molecule has 6 nitrogen and oxygen atoms in total. The summed E-state index contributed by atoms with van der Waals surface area (Å²) in [5.41, 5.74) is 0.0893. The van der Waals surface area contributed by atoms with E-state index < -0.39 is 11.7 Å². The van der Waals surface area contributed by atoms with Crippen molar-refractivity contribution in [2.24, 2.45) is 0 Å². The van der Waals surface area contributed by atoms with Crippen molar-refractivity contribution in [3.05, 3.63) is 42.0 Å². The number of thiophene rings is 1. The number of rotatable bonds is 3. The fourth-order valence-corrected chi connectivity index (χ4v) is 2.71. The Labute approximate surface area is 143 Å². The molecule has 1 amide bonds. The van der Waals surface area contributed by atoms with Crippen molar-refractivity contribution in [2.45, 2.75) is 26.4 Å². The quantitative estimate of drug-likeness (QED) is 0.737. The van der Waals surface area contributed by atoms with Gasteiger partial charge in [0.25, 0.3) is 0 Å². The predicted octanol–water partition coefficient (Wildman–Crippen LogP) is 4.83. The summed E-state index contributed by atoms with van der Waals surface area (Å²) in [5.74, 6) is 1.13. The molecule has 0 aliphatic rings. The molecule has 1 N–H and O–H groups in total. The Bertz CT molecular complexity index is 853. The molecular weight excluding hydrogens is 326 g/mol. The summed E-state index contributed by atoms with van der Waals surface area (Å²) in [6, 6.07) is 8.92. The second-order valence-electron chi connectivity index (χ2n) is 6.07. The van der Waals surface area contributed by atoms with Gasteiger partial charge in [0.05, 0.1) is 5.39 Å². The Kier molecular flexibility index (Phi) is 4.35. The maximum atomic E-state index is 11.7. The second kappa shape index (κ2) is 6.45. The summed E-state index contributed by atoms with van der Waals surface area (Å²) in [5, 5.41) is 5.49. The second-order valence-corrected chi connectivity index (χ2v) is 6.97. The average molecular weight is 343 g/mol. The van der Waals surface area contributed by atoms with Gasteiger partial charge in [-0.1, -0.05) is 0 Å². The Morgan fingerprint density at radius 1 is 1.12 bits per heavy atom. The summed E-state index contributed by atoms with van der Waals surface area (Å²) < 4.78 is 11.0. The lowest BCUT2D eigenvalue weighted by molar-refractivity contribution is 0.0636. The molecule has 1 aromatic carbocycles. The first-order chi connectivity index (χ1) is 11.4. The number of nitrogens with zero attached hydrogens (tertiary/aromatic N) is 2. The van der Waals surface area contributed by atoms with E-state index in [1.54, 1.807) is 24.3 Å². The van der Waals surface area contributed by atoms with Crippen LogP contribution >= 0.6 is 11.3 Å². The summed E-state index contributed by atoms with van der Waals surface area (Å²) in [6.07, 6.45) is 0.985. The van der Waals surface area contributed by atoms with Gasteiger partial charge in [-0.2, -0.15) is 0 Å². The number of hydrogen-bond acceptors (Lipinski definition) is 6. The van der Waals surface area contributed by atoms with Gasteiger partial charge in [0, 0.05) is 5.69 Å². The fourth-order valence-electron chi connectivity index (χ4n) is 1.99. The van der Waals surface area contributed by atoms with Crippen LogP contribution in [0.3, 0.4) is 0 Å². The van der Waals surface area contributed by atoms with Gasteiger partial charge in [0.1, 0.15) is 22.5 Å². The molecule has 2 aromatic heterocycles. The third kappa shape index (κ3) is 3.99. The van der Waals surface area contributed by atoms with Crippen LogP contribution in [0.5, 0.6) is 11.6 Å². The smallest absolute Gasteiger partial charge is 0.412 e. The highest BCUT2D eigenvalue weighted by atomic mass is 32.1. The van der Waals surface area contributed by atoms with Gasteiger partial charge >= 0.3 is 6.09 Å². The number of aromatic nitrogens is 2. The summed E-state index contributed by atoms with van der Waals surface area (Å²) in [7, 11) is 0. The molecule has 0 atom stereocenters. The largest absolute Gasteiger partial charge is 0.444 e. The van der Waals surface area contributed by atoms with Crippen LogP contribution in [0, 0.1) is 0 Å². The van der Waals surface area contributed by atoms with Gasteiger partial charge in [0.15, 0.2) is 0 Å². The van der Waals surface area contributed by atoms with Gasteiger partial charge in [-0.15, -0.1) is 11.3 Å². The number of ether oxygens (including phenoxy) is 2. The van der Waals surface area contributed by atoms with E-state index in [-0.39, 0.29) is 0 Å². The number of carbonyl (C=O) groups excluding carboxylic acids is 1. The Hall–Kier alpha value is -2.67. The van der Waals surface area contributed by atoms with Crippen molar-refractivity contribution >= 4 is 33.3 Å². The zero-order chi connectivity index (χ0) is 17.2. The van der Waals surface area contributed by atoms with Gasteiger partial charge in [-0.05, 0) is 56.5 Å². The number of carbonyl (C=O) groups is 1. The van der Waals surface area contributed by atoms with Crippen LogP contribution < -0.4 is 10.1 Å². The highest BCUT2D eigenvalue weighted by Crippen LogP contribution is 2.29. The minimum absolute atomic E-state index is 0.494. The molecular formula is C17H17N3O3S. The molecule has 0 saturated heterocycles. The highest BCUT2D eigenvalue weighted by Gasteiger charge is 2.16. The van der Waals surface area contributed by atoms with Crippen molar-refractivity contribution in [2.75, 3.05) is 5.32 Å². The Morgan fingerprint density at radius 2 is 1.88 bits per heavy atom. The van der Waals surface area contributed by atoms with E-state index in [9.17, 15) is 4.79 Å². The minimum Gasteiger partial charge on any atom is -0.444 e. The summed E-state index contributed by atoms with van der Waals surface area (Å²) in [6.45, 7) is 5.45. The van der Waals surface area contributed by atoms with Crippen molar-refractivity contribution in [3.63, 3.8) is 0 Å². The van der Waals surface area contributed by atoms with E-state index in [0.717, 1.165) is 10.2 Å². The predicted molar refractivity (Wildman–Crippen MR) is 93.8 cm³/mol. The molecule has 0 fully saturated rings. The molecule has 2 heterocycles. The molecule has 0 bridgehead atoms. The SMILES string of the molecule is CC(C)(C)OC(=O)Nc1ccc(Oc2ncnc3sccc23)cc1. The monoisotopic (exact) mass is 343 g/mol. The molecule has 0 saturated carbocycles. The number of hydrogen-bond donors (Lipinski definition) is 1. The molecule has 3 aromatic rings. The zero-order valence-electron chi connectivity index (χ0n) is 13.6. The third-order valence-corrected chi connectivity index (χ3v) is 3.76. The standard InChI is InChI=1S/C17H17N3O3S/c1-17(2,3)23-16(21)20-11-4-6-12(7-5-11)22-14-13-8-9-24-15(13)19-10-18-14/h4-10H,1-3H3,(H,20,21). The van der Waals surface area contributed by atoms with Crippen LogP contribution in [0.25, 0.3) is 10.2 Å². The maximum Gasteiger partial charge on any atom is 0.412 e. The van der Waals surface area contributed by atoms with Crippen molar-refractivity contribution in [1.29, 1.82) is 0 Å². The normalized spacial score (nSPS) is 11.3. The average Bonchev–Trinajstić information content (AvgIpc) is 2.97.